The summed E-state index contributed by atoms with van der Waals surface area (Å²) in [6, 6.07) is 4.73. The Morgan fingerprint density at radius 1 is 1.33 bits per heavy atom. The monoisotopic (exact) mass is 315 g/mol. The first kappa shape index (κ1) is 17.5. The molecule has 0 heterocycles. The average molecular weight is 315 g/mol. The van der Waals surface area contributed by atoms with E-state index in [1.54, 1.807) is 32.9 Å². The summed E-state index contributed by atoms with van der Waals surface area (Å²) in [4.78, 5) is 11.4. The number of hydrogen-bond donors (Lipinski definition) is 2. The van der Waals surface area contributed by atoms with E-state index in [1.165, 1.54) is 13.2 Å². The van der Waals surface area contributed by atoms with Gasteiger partial charge in [0.05, 0.1) is 7.11 Å². The first-order chi connectivity index (χ1) is 9.72. The molecule has 0 spiro atoms. The van der Waals surface area contributed by atoms with Gasteiger partial charge >= 0.3 is 5.97 Å². The molecule has 0 aromatic heterocycles. The molecule has 0 aliphatic heterocycles. The van der Waals surface area contributed by atoms with Crippen LogP contribution in [0.25, 0.3) is 0 Å². The Morgan fingerprint density at radius 2 is 1.90 bits per heavy atom. The summed E-state index contributed by atoms with van der Waals surface area (Å²) >= 11 is 0. The number of ether oxygens (including phenoxy) is 1. The van der Waals surface area contributed by atoms with Gasteiger partial charge in [0.25, 0.3) is 0 Å². The topological polar surface area (TPSA) is 92.7 Å². The Labute approximate surface area is 125 Å². The molecule has 1 aromatic rings. The summed E-state index contributed by atoms with van der Waals surface area (Å²) in [6.45, 7) is 5.02. The third-order valence-electron chi connectivity index (χ3n) is 3.55. The van der Waals surface area contributed by atoms with E-state index < -0.39 is 21.5 Å². The number of carbonyl (C=O) groups is 1. The molecule has 0 aliphatic rings. The number of nitrogens with one attached hydrogen (secondary N) is 1. The number of methoxy groups -OCH3 is 1. The van der Waals surface area contributed by atoms with E-state index in [2.05, 4.69) is 4.72 Å². The van der Waals surface area contributed by atoms with Crippen molar-refractivity contribution < 1.29 is 23.1 Å². The number of carboxylic acids is 1. The van der Waals surface area contributed by atoms with Crippen molar-refractivity contribution >= 4 is 16.0 Å². The smallest absolute Gasteiger partial charge is 0.324 e. The fourth-order valence-electron chi connectivity index (χ4n) is 2.05. The molecular formula is C14H21NO5S. The van der Waals surface area contributed by atoms with Crippen LogP contribution in [-0.2, 0) is 14.8 Å². The molecule has 0 unspecified atom stereocenters. The molecule has 118 valence electrons. The number of hydrogen-bond acceptors (Lipinski definition) is 4. The Balaban J connectivity index is 3.35. The Bertz CT molecular complexity index is 620. The fraction of sp³-hybridized carbons (Fsp3) is 0.500. The van der Waals surface area contributed by atoms with Crippen LogP contribution in [0.2, 0.25) is 0 Å². The van der Waals surface area contributed by atoms with Gasteiger partial charge in [-0.25, -0.2) is 8.42 Å². The summed E-state index contributed by atoms with van der Waals surface area (Å²) in [6.07, 6.45) is 0.290. The highest BCUT2D eigenvalue weighted by atomic mass is 32.2. The van der Waals surface area contributed by atoms with E-state index >= 15 is 0 Å². The van der Waals surface area contributed by atoms with Gasteiger partial charge < -0.3 is 9.84 Å². The maximum Gasteiger partial charge on any atom is 0.324 e. The average Bonchev–Trinajstić information content (AvgIpc) is 2.44. The van der Waals surface area contributed by atoms with E-state index in [1.807, 2.05) is 0 Å². The number of sulfonamides is 1. The molecule has 0 fully saturated rings. The van der Waals surface area contributed by atoms with Crippen LogP contribution in [-0.4, -0.2) is 32.1 Å². The molecule has 6 nitrogen and oxygen atoms in total. The van der Waals surface area contributed by atoms with E-state index in [-0.39, 0.29) is 23.5 Å². The molecule has 2 N–H and O–H groups in total. The zero-order valence-electron chi connectivity index (χ0n) is 12.6. The molecular weight excluding hydrogens is 294 g/mol. The summed E-state index contributed by atoms with van der Waals surface area (Å²) in [5, 5.41) is 9.36. The maximum absolute atomic E-state index is 12.5. The molecule has 0 bridgehead atoms. The van der Waals surface area contributed by atoms with E-state index in [4.69, 9.17) is 4.74 Å². The number of carboxylic acid groups (broad SMARTS) is 1. The third-order valence-corrected chi connectivity index (χ3v) is 5.11. The first-order valence-electron chi connectivity index (χ1n) is 6.64. The zero-order valence-corrected chi connectivity index (χ0v) is 13.5. The Kier molecular flexibility index (Phi) is 5.36. The highest BCUT2D eigenvalue weighted by Gasteiger charge is 2.40. The second-order valence-corrected chi connectivity index (χ2v) is 6.51. The van der Waals surface area contributed by atoms with Gasteiger partial charge in [0, 0.05) is 0 Å². The van der Waals surface area contributed by atoms with Crippen molar-refractivity contribution in [1.82, 2.24) is 4.72 Å². The highest BCUT2D eigenvalue weighted by molar-refractivity contribution is 7.89. The van der Waals surface area contributed by atoms with E-state index in [0.717, 1.165) is 5.56 Å². The Hall–Kier alpha value is -1.60. The van der Waals surface area contributed by atoms with Crippen LogP contribution < -0.4 is 9.46 Å². The summed E-state index contributed by atoms with van der Waals surface area (Å²) in [5.41, 5.74) is -0.779. The van der Waals surface area contributed by atoms with Crippen LogP contribution in [0.4, 0.5) is 0 Å². The molecule has 0 saturated carbocycles. The Morgan fingerprint density at radius 3 is 2.33 bits per heavy atom. The lowest BCUT2D eigenvalue weighted by molar-refractivity contribution is -0.144. The maximum atomic E-state index is 12.5. The molecule has 7 heteroatoms. The highest BCUT2D eigenvalue weighted by Crippen LogP contribution is 2.27. The van der Waals surface area contributed by atoms with Gasteiger partial charge in [-0.1, -0.05) is 19.9 Å². The molecule has 1 rings (SSSR count). The van der Waals surface area contributed by atoms with Crippen molar-refractivity contribution in [2.75, 3.05) is 7.11 Å². The lowest BCUT2D eigenvalue weighted by Crippen LogP contribution is -2.53. The van der Waals surface area contributed by atoms with Crippen LogP contribution in [0, 0.1) is 6.92 Å². The van der Waals surface area contributed by atoms with Crippen LogP contribution in [0.1, 0.15) is 32.3 Å². The van der Waals surface area contributed by atoms with Gasteiger partial charge in [0.1, 0.15) is 16.2 Å². The van der Waals surface area contributed by atoms with Crippen LogP contribution >= 0.6 is 0 Å². The molecule has 0 aliphatic carbocycles. The molecule has 1 aromatic carbocycles. The van der Waals surface area contributed by atoms with Gasteiger partial charge in [0.15, 0.2) is 0 Å². The van der Waals surface area contributed by atoms with E-state index in [9.17, 15) is 18.3 Å². The van der Waals surface area contributed by atoms with Gasteiger partial charge in [-0.3, -0.25) is 4.79 Å². The van der Waals surface area contributed by atoms with Crippen molar-refractivity contribution in [2.24, 2.45) is 0 Å². The number of rotatable bonds is 7. The van der Waals surface area contributed by atoms with Crippen molar-refractivity contribution in [3.8, 4) is 5.75 Å². The van der Waals surface area contributed by atoms with E-state index in [0.29, 0.717) is 0 Å². The zero-order chi connectivity index (χ0) is 16.3. The molecule has 0 saturated heterocycles. The quantitative estimate of drug-likeness (QED) is 0.802. The number of aryl methyl sites for hydroxylation is 1. The lowest BCUT2D eigenvalue weighted by Gasteiger charge is -2.28. The van der Waals surface area contributed by atoms with Crippen LogP contribution in [0.15, 0.2) is 23.1 Å². The van der Waals surface area contributed by atoms with Gasteiger partial charge in [-0.05, 0) is 37.5 Å². The summed E-state index contributed by atoms with van der Waals surface area (Å²) in [7, 11) is -2.64. The van der Waals surface area contributed by atoms with Crippen LogP contribution in [0.5, 0.6) is 5.75 Å². The molecule has 21 heavy (non-hydrogen) atoms. The minimum atomic E-state index is -4.01. The molecule has 0 radical (unpaired) electrons. The largest absolute Gasteiger partial charge is 0.495 e. The van der Waals surface area contributed by atoms with Crippen molar-refractivity contribution in [3.05, 3.63) is 23.8 Å². The second kappa shape index (κ2) is 6.44. The summed E-state index contributed by atoms with van der Waals surface area (Å²) < 4.78 is 32.5. The lowest BCUT2D eigenvalue weighted by atomic mass is 9.95. The SMILES string of the molecule is CCC(CC)(NS(=O)(=O)c1cc(C)ccc1OC)C(=O)O. The molecule has 0 amide bonds. The van der Waals surface area contributed by atoms with Gasteiger partial charge in [0.2, 0.25) is 10.0 Å². The van der Waals surface area contributed by atoms with Crippen molar-refractivity contribution in [1.29, 1.82) is 0 Å². The number of aliphatic carboxylic acids is 1. The normalized spacial score (nSPS) is 12.2. The minimum absolute atomic E-state index is 0.0578. The van der Waals surface area contributed by atoms with Crippen molar-refractivity contribution in [3.63, 3.8) is 0 Å². The van der Waals surface area contributed by atoms with Crippen molar-refractivity contribution in [2.45, 2.75) is 44.0 Å². The third kappa shape index (κ3) is 3.54. The minimum Gasteiger partial charge on any atom is -0.495 e. The van der Waals surface area contributed by atoms with Gasteiger partial charge in [-0.15, -0.1) is 0 Å². The van der Waals surface area contributed by atoms with Crippen LogP contribution in [0.3, 0.4) is 0 Å². The predicted molar refractivity (Wildman–Crippen MR) is 79.0 cm³/mol. The summed E-state index contributed by atoms with van der Waals surface area (Å²) in [5.74, 6) is -1.01. The predicted octanol–water partition coefficient (Wildman–Crippen LogP) is 1.93. The number of benzene rings is 1. The standard InChI is InChI=1S/C14H21NO5S/c1-5-14(6-2,13(16)17)15-21(18,19)12-9-10(3)7-8-11(12)20-4/h7-9,15H,5-6H2,1-4H3,(H,16,17). The first-order valence-corrected chi connectivity index (χ1v) is 8.12. The molecule has 0 atom stereocenters. The fourth-order valence-corrected chi connectivity index (χ4v) is 3.80. The second-order valence-electron chi connectivity index (χ2n) is 4.85. The van der Waals surface area contributed by atoms with Gasteiger partial charge in [-0.2, -0.15) is 4.72 Å².